The van der Waals surface area contributed by atoms with Crippen LogP contribution in [0, 0.1) is 22.7 Å². The van der Waals surface area contributed by atoms with Crippen LogP contribution in [-0.4, -0.2) is 102 Å². The van der Waals surface area contributed by atoms with Crippen LogP contribution in [0.3, 0.4) is 0 Å². The Morgan fingerprint density at radius 1 is 0.958 bits per heavy atom. The van der Waals surface area contributed by atoms with Crippen LogP contribution in [0.2, 0.25) is 0 Å². The number of ketones is 1. The normalized spacial score (nSPS) is 30.0. The Labute approximate surface area is 285 Å². The molecule has 270 valence electrons. The van der Waals surface area contributed by atoms with Crippen LogP contribution in [0.5, 0.6) is 0 Å². The molecule has 5 amide bonds. The van der Waals surface area contributed by atoms with E-state index in [4.69, 9.17) is 0 Å². The van der Waals surface area contributed by atoms with Crippen molar-refractivity contribution in [2.45, 2.75) is 141 Å². The molecule has 5 rings (SSSR count). The van der Waals surface area contributed by atoms with Gasteiger partial charge in [0, 0.05) is 26.2 Å². The minimum atomic E-state index is -3.59. The summed E-state index contributed by atoms with van der Waals surface area (Å²) in [6, 6.07) is -3.48. The molecule has 0 aromatic heterocycles. The van der Waals surface area contributed by atoms with Gasteiger partial charge in [-0.15, -0.1) is 0 Å². The number of amides is 5. The number of carbonyl (C=O) groups is 5. The summed E-state index contributed by atoms with van der Waals surface area (Å²) in [5.74, 6) is -2.32. The number of hydrogen-bond donors (Lipinski definition) is 4. The monoisotopic (exact) mass is 692 g/mol. The fourth-order valence-corrected chi connectivity index (χ4v) is 10.6. The lowest BCUT2D eigenvalue weighted by molar-refractivity contribution is -0.145. The second-order valence-electron chi connectivity index (χ2n) is 16.6. The van der Waals surface area contributed by atoms with Crippen molar-refractivity contribution in [3.8, 4) is 0 Å². The fraction of sp³-hybridized carbons (Fsp3) is 0.853. The Morgan fingerprint density at radius 3 is 2.15 bits per heavy atom. The van der Waals surface area contributed by atoms with E-state index in [1.165, 1.54) is 9.21 Å². The van der Waals surface area contributed by atoms with Gasteiger partial charge in [-0.3, -0.25) is 19.2 Å². The molecule has 48 heavy (non-hydrogen) atoms. The molecule has 0 radical (unpaired) electrons. The van der Waals surface area contributed by atoms with Crippen LogP contribution in [-0.2, 0) is 29.2 Å². The molecule has 5 aliphatic rings. The van der Waals surface area contributed by atoms with E-state index in [1.807, 2.05) is 27.7 Å². The van der Waals surface area contributed by atoms with Gasteiger partial charge in [0.1, 0.15) is 12.1 Å². The standard InChI is InChI=1S/C34H56N6O7S/c1-8-12-22(26(41)29(43)35-20-13-14-20)36-28(42)25-24-21(33(24,5)6)19-40(25)30(44)27(32(2,3)4)37-31(45)38-34(16-10-9-11-17-34)23-15-18-39(7)48(23,46)47/h20-25,27H,8-19H2,1-7H3,(H,35,43)(H,36,42)(H2,37,38,45)/t21-,22-,23+,24-,25-,27+/m0/s1. The lowest BCUT2D eigenvalue weighted by Gasteiger charge is -2.43. The summed E-state index contributed by atoms with van der Waals surface area (Å²) in [7, 11) is -2.02. The van der Waals surface area contributed by atoms with Crippen LogP contribution < -0.4 is 21.3 Å². The summed E-state index contributed by atoms with van der Waals surface area (Å²) in [6.07, 6.45) is 6.59. The Hall–Kier alpha value is -2.74. The number of likely N-dealkylation sites (tertiary alicyclic amines) is 1. The maximum Gasteiger partial charge on any atom is 0.315 e. The summed E-state index contributed by atoms with van der Waals surface area (Å²) >= 11 is 0. The molecule has 3 saturated carbocycles. The molecule has 0 aromatic carbocycles. The number of piperidine rings is 1. The van der Waals surface area contributed by atoms with Gasteiger partial charge in [0.2, 0.25) is 27.6 Å². The molecule has 3 aliphatic carbocycles. The fourth-order valence-electron chi connectivity index (χ4n) is 8.54. The van der Waals surface area contributed by atoms with Gasteiger partial charge in [0.15, 0.2) is 0 Å². The summed E-state index contributed by atoms with van der Waals surface area (Å²) in [6.45, 7) is 12.2. The molecule has 4 N–H and O–H groups in total. The molecule has 5 fully saturated rings. The molecule has 0 bridgehead atoms. The third kappa shape index (κ3) is 6.97. The van der Waals surface area contributed by atoms with Gasteiger partial charge in [-0.2, -0.15) is 0 Å². The maximum atomic E-state index is 14.4. The summed E-state index contributed by atoms with van der Waals surface area (Å²) in [4.78, 5) is 69.5. The number of urea groups is 1. The third-order valence-electron chi connectivity index (χ3n) is 11.7. The predicted octanol–water partition coefficient (Wildman–Crippen LogP) is 2.05. The molecule has 2 saturated heterocycles. The zero-order chi connectivity index (χ0) is 35.4. The molecular weight excluding hydrogens is 636 g/mol. The third-order valence-corrected chi connectivity index (χ3v) is 14.2. The lowest BCUT2D eigenvalue weighted by atomic mass is 9.78. The van der Waals surface area contributed by atoms with Crippen molar-refractivity contribution in [1.29, 1.82) is 0 Å². The molecule has 2 heterocycles. The largest absolute Gasteiger partial charge is 0.347 e. The summed E-state index contributed by atoms with van der Waals surface area (Å²) in [5.41, 5.74) is -1.88. The highest BCUT2D eigenvalue weighted by Crippen LogP contribution is 2.65. The summed E-state index contributed by atoms with van der Waals surface area (Å²) in [5, 5.41) is 10.8. The van der Waals surface area contributed by atoms with E-state index < -0.39 is 73.9 Å². The van der Waals surface area contributed by atoms with Gasteiger partial charge in [-0.1, -0.05) is 67.2 Å². The van der Waals surface area contributed by atoms with Crippen LogP contribution in [0.15, 0.2) is 0 Å². The van der Waals surface area contributed by atoms with E-state index >= 15 is 0 Å². The van der Waals surface area contributed by atoms with Gasteiger partial charge in [0.05, 0.1) is 16.8 Å². The highest BCUT2D eigenvalue weighted by molar-refractivity contribution is 7.90. The van der Waals surface area contributed by atoms with Gasteiger partial charge in [0.25, 0.3) is 5.91 Å². The van der Waals surface area contributed by atoms with Crippen LogP contribution in [0.1, 0.15) is 106 Å². The van der Waals surface area contributed by atoms with Crippen molar-refractivity contribution in [2.75, 3.05) is 20.1 Å². The Balaban J connectivity index is 1.34. The van der Waals surface area contributed by atoms with Crippen LogP contribution in [0.25, 0.3) is 0 Å². The number of sulfonamides is 1. The number of fused-ring (bicyclic) bond motifs is 1. The first-order valence-corrected chi connectivity index (χ1v) is 19.3. The molecule has 2 aliphatic heterocycles. The maximum absolute atomic E-state index is 14.4. The van der Waals surface area contributed by atoms with Gasteiger partial charge >= 0.3 is 6.03 Å². The first-order chi connectivity index (χ1) is 22.3. The number of Topliss-reactive ketones (excluding diaryl/α,β-unsaturated/α-hetero) is 1. The van der Waals surface area contributed by atoms with E-state index in [-0.39, 0.29) is 23.3 Å². The van der Waals surface area contributed by atoms with Gasteiger partial charge in [-0.05, 0) is 61.2 Å². The Bertz CT molecular complexity index is 1410. The highest BCUT2D eigenvalue weighted by Gasteiger charge is 2.70. The topological polar surface area (TPSA) is 174 Å². The zero-order valence-corrected chi connectivity index (χ0v) is 30.5. The van der Waals surface area contributed by atoms with Crippen molar-refractivity contribution >= 4 is 39.6 Å². The van der Waals surface area contributed by atoms with Gasteiger partial charge < -0.3 is 26.2 Å². The van der Waals surface area contributed by atoms with Gasteiger partial charge in [-0.25, -0.2) is 17.5 Å². The van der Waals surface area contributed by atoms with Crippen molar-refractivity contribution in [3.05, 3.63) is 0 Å². The van der Waals surface area contributed by atoms with E-state index in [0.717, 1.165) is 32.1 Å². The van der Waals surface area contributed by atoms with Crippen molar-refractivity contribution in [1.82, 2.24) is 30.5 Å². The minimum Gasteiger partial charge on any atom is -0.347 e. The second kappa shape index (κ2) is 13.2. The number of nitrogens with one attached hydrogen (secondary N) is 4. The average molecular weight is 693 g/mol. The van der Waals surface area contributed by atoms with E-state index in [0.29, 0.717) is 45.2 Å². The van der Waals surface area contributed by atoms with E-state index in [9.17, 15) is 32.4 Å². The van der Waals surface area contributed by atoms with Crippen molar-refractivity contribution < 1.29 is 32.4 Å². The first-order valence-electron chi connectivity index (χ1n) is 17.8. The Morgan fingerprint density at radius 2 is 1.60 bits per heavy atom. The van der Waals surface area contributed by atoms with Crippen molar-refractivity contribution in [2.24, 2.45) is 22.7 Å². The predicted molar refractivity (Wildman–Crippen MR) is 180 cm³/mol. The molecular formula is C34H56N6O7S. The number of rotatable bonds is 11. The molecule has 6 atom stereocenters. The lowest BCUT2D eigenvalue weighted by Crippen LogP contribution is -2.65. The SMILES string of the molecule is CCC[C@H](NC(=O)[C@@H]1[C@@H]2[C@H](CN1C(=O)[C@@H](NC(=O)NC1([C@H]3CCN(C)S3(=O)=O)CCCCC1)C(C)(C)C)C2(C)C)C(=O)C(=O)NC1CC1. The van der Waals surface area contributed by atoms with E-state index in [2.05, 4.69) is 35.1 Å². The minimum absolute atomic E-state index is 0.00586. The van der Waals surface area contributed by atoms with Crippen LogP contribution >= 0.6 is 0 Å². The number of hydrogen-bond acceptors (Lipinski definition) is 7. The number of carbonyl (C=O) groups excluding carboxylic acids is 5. The number of nitrogens with zero attached hydrogens (tertiary/aromatic N) is 2. The molecule has 0 aromatic rings. The molecule has 0 unspecified atom stereocenters. The zero-order valence-electron chi connectivity index (χ0n) is 29.7. The first kappa shape index (κ1) is 36.5. The molecule has 13 nitrogen and oxygen atoms in total. The smallest absolute Gasteiger partial charge is 0.315 e. The molecule has 14 heteroatoms. The highest BCUT2D eigenvalue weighted by atomic mass is 32.2. The van der Waals surface area contributed by atoms with E-state index in [1.54, 1.807) is 7.05 Å². The second-order valence-corrected chi connectivity index (χ2v) is 18.8. The molecule has 0 spiro atoms. The van der Waals surface area contributed by atoms with Crippen LogP contribution in [0.4, 0.5) is 4.79 Å². The average Bonchev–Trinajstić information content (AvgIpc) is 3.81. The summed E-state index contributed by atoms with van der Waals surface area (Å²) < 4.78 is 27.9. The quantitative estimate of drug-likeness (QED) is 0.240. The van der Waals surface area contributed by atoms with Crippen molar-refractivity contribution in [3.63, 3.8) is 0 Å². The Kier molecular flexibility index (Phi) is 10.0.